The van der Waals surface area contributed by atoms with Gasteiger partial charge in [0.05, 0.1) is 6.04 Å². The zero-order chi connectivity index (χ0) is 17.3. The first-order valence-electron chi connectivity index (χ1n) is 7.93. The normalized spacial score (nSPS) is 20.0. The van der Waals surface area contributed by atoms with Crippen molar-refractivity contribution in [1.82, 2.24) is 4.31 Å². The van der Waals surface area contributed by atoms with Gasteiger partial charge in [0.15, 0.2) is 0 Å². The molecule has 0 N–H and O–H groups in total. The van der Waals surface area contributed by atoms with Crippen molar-refractivity contribution in [3.8, 4) is 0 Å². The molecule has 1 saturated heterocycles. The first kappa shape index (κ1) is 17.5. The minimum absolute atomic E-state index is 0.319. The average Bonchev–Trinajstić information content (AvgIpc) is 2.82. The molecule has 1 atom stereocenters. The van der Waals surface area contributed by atoms with Crippen LogP contribution < -0.4 is 0 Å². The van der Waals surface area contributed by atoms with Gasteiger partial charge in [-0.1, -0.05) is 12.8 Å². The Balaban J connectivity index is 2.06. The summed E-state index contributed by atoms with van der Waals surface area (Å²) >= 11 is 1.55. The van der Waals surface area contributed by atoms with Crippen LogP contribution in [0, 0.1) is 18.6 Å². The van der Waals surface area contributed by atoms with E-state index in [2.05, 4.69) is 0 Å². The van der Waals surface area contributed by atoms with E-state index in [1.807, 2.05) is 19.1 Å². The Morgan fingerprint density at radius 1 is 1.12 bits per heavy atom. The van der Waals surface area contributed by atoms with Crippen molar-refractivity contribution in [2.75, 3.05) is 6.54 Å². The van der Waals surface area contributed by atoms with Gasteiger partial charge in [-0.2, -0.15) is 4.31 Å². The van der Waals surface area contributed by atoms with Gasteiger partial charge in [0, 0.05) is 16.3 Å². The molecular formula is C17H19F2NO2S2. The SMILES string of the molecule is Cc1ccc(C2CCCCCN2S(=O)(=O)c2cc(F)ccc2F)s1. The van der Waals surface area contributed by atoms with Gasteiger partial charge in [0.25, 0.3) is 0 Å². The van der Waals surface area contributed by atoms with E-state index in [9.17, 15) is 17.2 Å². The van der Waals surface area contributed by atoms with E-state index >= 15 is 0 Å². The molecule has 1 unspecified atom stereocenters. The molecule has 0 spiro atoms. The van der Waals surface area contributed by atoms with E-state index in [0.29, 0.717) is 13.0 Å². The number of rotatable bonds is 3. The zero-order valence-electron chi connectivity index (χ0n) is 13.3. The van der Waals surface area contributed by atoms with Gasteiger partial charge in [-0.3, -0.25) is 0 Å². The minimum atomic E-state index is -4.10. The standard InChI is InChI=1S/C17H19F2NO2S2/c1-12-6-9-16(23-12)15-5-3-2-4-10-20(15)24(21,22)17-11-13(18)7-8-14(17)19/h6-9,11,15H,2-5,10H2,1H3. The first-order chi connectivity index (χ1) is 11.4. The van der Waals surface area contributed by atoms with Crippen LogP contribution in [0.1, 0.15) is 41.5 Å². The van der Waals surface area contributed by atoms with Gasteiger partial charge in [-0.05, 0) is 50.1 Å². The van der Waals surface area contributed by atoms with Crippen molar-refractivity contribution < 1.29 is 17.2 Å². The third-order valence-corrected chi connectivity index (χ3v) is 7.30. The van der Waals surface area contributed by atoms with Crippen molar-refractivity contribution in [2.24, 2.45) is 0 Å². The maximum atomic E-state index is 14.1. The molecule has 24 heavy (non-hydrogen) atoms. The predicted octanol–water partition coefficient (Wildman–Crippen LogP) is 4.64. The van der Waals surface area contributed by atoms with E-state index < -0.39 is 26.6 Å². The summed E-state index contributed by atoms with van der Waals surface area (Å²) in [6, 6.07) is 6.13. The molecule has 0 saturated carbocycles. The second-order valence-corrected chi connectivity index (χ2v) is 9.18. The van der Waals surface area contributed by atoms with Crippen LogP contribution >= 0.6 is 11.3 Å². The van der Waals surface area contributed by atoms with E-state index in [1.165, 1.54) is 4.31 Å². The second-order valence-electron chi connectivity index (χ2n) is 6.00. The number of benzene rings is 1. The quantitative estimate of drug-likeness (QED) is 0.788. The lowest BCUT2D eigenvalue weighted by Crippen LogP contribution is -2.35. The Hall–Kier alpha value is -1.31. The Kier molecular flexibility index (Phi) is 5.03. The number of halogens is 2. The summed E-state index contributed by atoms with van der Waals surface area (Å²) in [4.78, 5) is 1.47. The van der Waals surface area contributed by atoms with Crippen molar-refractivity contribution in [2.45, 2.75) is 43.5 Å². The van der Waals surface area contributed by atoms with Crippen LogP contribution in [0.2, 0.25) is 0 Å². The second kappa shape index (κ2) is 6.90. The molecule has 1 aliphatic rings. The zero-order valence-corrected chi connectivity index (χ0v) is 15.0. The minimum Gasteiger partial charge on any atom is -0.207 e. The number of thiophene rings is 1. The van der Waals surface area contributed by atoms with E-state index in [1.54, 1.807) is 11.3 Å². The summed E-state index contributed by atoms with van der Waals surface area (Å²) in [5.41, 5.74) is 0. The highest BCUT2D eigenvalue weighted by molar-refractivity contribution is 7.89. The molecular weight excluding hydrogens is 352 g/mol. The highest BCUT2D eigenvalue weighted by Crippen LogP contribution is 2.38. The van der Waals surface area contributed by atoms with Crippen LogP contribution in [0.25, 0.3) is 0 Å². The van der Waals surface area contributed by atoms with Gasteiger partial charge in [-0.25, -0.2) is 17.2 Å². The Labute approximate surface area is 145 Å². The highest BCUT2D eigenvalue weighted by atomic mass is 32.2. The maximum Gasteiger partial charge on any atom is 0.246 e. The summed E-state index contributed by atoms with van der Waals surface area (Å²) < 4.78 is 55.0. The average molecular weight is 371 g/mol. The fourth-order valence-corrected chi connectivity index (χ4v) is 5.93. The molecule has 0 aliphatic carbocycles. The topological polar surface area (TPSA) is 37.4 Å². The molecule has 1 aliphatic heterocycles. The van der Waals surface area contributed by atoms with Crippen LogP contribution in [0.3, 0.4) is 0 Å². The molecule has 2 heterocycles. The van der Waals surface area contributed by atoms with Crippen LogP contribution in [0.5, 0.6) is 0 Å². The molecule has 1 aromatic carbocycles. The predicted molar refractivity (Wildman–Crippen MR) is 90.5 cm³/mol. The Bertz CT molecular complexity index is 833. The van der Waals surface area contributed by atoms with Gasteiger partial charge in [-0.15, -0.1) is 11.3 Å². The fourth-order valence-electron chi connectivity index (χ4n) is 3.09. The molecule has 7 heteroatoms. The van der Waals surface area contributed by atoms with E-state index in [4.69, 9.17) is 0 Å². The van der Waals surface area contributed by atoms with Crippen LogP contribution in [-0.4, -0.2) is 19.3 Å². The molecule has 0 bridgehead atoms. The van der Waals surface area contributed by atoms with Gasteiger partial charge >= 0.3 is 0 Å². The van der Waals surface area contributed by atoms with Crippen LogP contribution in [-0.2, 0) is 10.0 Å². The summed E-state index contributed by atoms with van der Waals surface area (Å²) in [5, 5.41) is 0. The molecule has 0 radical (unpaired) electrons. The highest BCUT2D eigenvalue weighted by Gasteiger charge is 2.35. The summed E-state index contributed by atoms with van der Waals surface area (Å²) in [7, 11) is -4.10. The molecule has 0 amide bonds. The summed E-state index contributed by atoms with van der Waals surface area (Å²) in [5.74, 6) is -1.67. The lowest BCUT2D eigenvalue weighted by Gasteiger charge is -2.28. The molecule has 3 nitrogen and oxygen atoms in total. The van der Waals surface area contributed by atoms with E-state index in [-0.39, 0.29) is 6.04 Å². The third-order valence-electron chi connectivity index (χ3n) is 4.27. The van der Waals surface area contributed by atoms with Gasteiger partial charge in [0.2, 0.25) is 10.0 Å². The van der Waals surface area contributed by atoms with Crippen molar-refractivity contribution in [1.29, 1.82) is 0 Å². The third kappa shape index (κ3) is 3.38. The maximum absolute atomic E-state index is 14.1. The number of nitrogens with zero attached hydrogens (tertiary/aromatic N) is 1. The number of hydrogen-bond donors (Lipinski definition) is 0. The summed E-state index contributed by atoms with van der Waals surface area (Å²) in [6.45, 7) is 2.29. The number of aryl methyl sites for hydroxylation is 1. The molecule has 130 valence electrons. The van der Waals surface area contributed by atoms with Crippen molar-refractivity contribution in [3.63, 3.8) is 0 Å². The lowest BCUT2D eigenvalue weighted by atomic mass is 10.1. The van der Waals surface area contributed by atoms with Gasteiger partial charge < -0.3 is 0 Å². The molecule has 3 rings (SSSR count). The summed E-state index contributed by atoms with van der Waals surface area (Å²) in [6.07, 6.45) is 3.25. The van der Waals surface area contributed by atoms with Crippen molar-refractivity contribution >= 4 is 21.4 Å². The monoisotopic (exact) mass is 371 g/mol. The number of hydrogen-bond acceptors (Lipinski definition) is 3. The molecule has 1 aromatic heterocycles. The van der Waals surface area contributed by atoms with Crippen LogP contribution in [0.4, 0.5) is 8.78 Å². The van der Waals surface area contributed by atoms with Crippen LogP contribution in [0.15, 0.2) is 35.2 Å². The van der Waals surface area contributed by atoms with Gasteiger partial charge in [0.1, 0.15) is 16.5 Å². The molecule has 1 fully saturated rings. The Morgan fingerprint density at radius 2 is 1.92 bits per heavy atom. The van der Waals surface area contributed by atoms with E-state index in [0.717, 1.165) is 47.2 Å². The molecule has 2 aromatic rings. The number of sulfonamides is 1. The Morgan fingerprint density at radius 3 is 2.62 bits per heavy atom. The largest absolute Gasteiger partial charge is 0.246 e. The fraction of sp³-hybridized carbons (Fsp3) is 0.412. The van der Waals surface area contributed by atoms with Crippen molar-refractivity contribution in [3.05, 3.63) is 51.7 Å². The first-order valence-corrected chi connectivity index (χ1v) is 10.2. The lowest BCUT2D eigenvalue weighted by molar-refractivity contribution is 0.331. The smallest absolute Gasteiger partial charge is 0.207 e.